The van der Waals surface area contributed by atoms with Crippen LogP contribution < -0.4 is 10.2 Å². The molecule has 1 aliphatic rings. The van der Waals surface area contributed by atoms with Gasteiger partial charge in [-0.3, -0.25) is 4.79 Å². The number of hydrogen-bond acceptors (Lipinski definition) is 3. The molecule has 1 saturated heterocycles. The number of nitrogens with zero attached hydrogens (tertiary/aromatic N) is 1. The molecular weight excluding hydrogens is 228 g/mol. The van der Waals surface area contributed by atoms with E-state index in [1.165, 1.54) is 5.69 Å². The van der Waals surface area contributed by atoms with Gasteiger partial charge in [0.15, 0.2) is 0 Å². The van der Waals surface area contributed by atoms with E-state index in [2.05, 4.69) is 10.2 Å². The summed E-state index contributed by atoms with van der Waals surface area (Å²) >= 11 is 0. The van der Waals surface area contributed by atoms with Crippen LogP contribution in [0.2, 0.25) is 0 Å². The van der Waals surface area contributed by atoms with Crippen molar-refractivity contribution in [3.8, 4) is 0 Å². The van der Waals surface area contributed by atoms with Crippen LogP contribution in [-0.2, 0) is 9.53 Å². The smallest absolute Gasteiger partial charge is 0.226 e. The number of anilines is 2. The molecule has 4 nitrogen and oxygen atoms in total. The third-order valence-electron chi connectivity index (χ3n) is 3.04. The van der Waals surface area contributed by atoms with Crippen molar-refractivity contribution in [1.29, 1.82) is 0 Å². The molecule has 1 N–H and O–H groups in total. The highest BCUT2D eigenvalue weighted by Crippen LogP contribution is 2.19. The van der Waals surface area contributed by atoms with Gasteiger partial charge in [-0.25, -0.2) is 0 Å². The van der Waals surface area contributed by atoms with Gasteiger partial charge < -0.3 is 15.0 Å². The van der Waals surface area contributed by atoms with Gasteiger partial charge in [-0.2, -0.15) is 0 Å². The molecule has 2 rings (SSSR count). The summed E-state index contributed by atoms with van der Waals surface area (Å²) in [5.74, 6) is 0.0537. The van der Waals surface area contributed by atoms with Gasteiger partial charge in [0.05, 0.1) is 13.2 Å². The number of carbonyl (C=O) groups excluding carboxylic acids is 1. The Balaban J connectivity index is 1.98. The molecule has 1 aromatic carbocycles. The van der Waals surface area contributed by atoms with Crippen molar-refractivity contribution in [2.24, 2.45) is 5.92 Å². The lowest BCUT2D eigenvalue weighted by molar-refractivity contribution is -0.118. The van der Waals surface area contributed by atoms with Crippen LogP contribution in [0, 0.1) is 5.92 Å². The third-order valence-corrected chi connectivity index (χ3v) is 3.04. The Bertz CT molecular complexity index is 395. The lowest BCUT2D eigenvalue weighted by Crippen LogP contribution is -2.36. The van der Waals surface area contributed by atoms with Crippen molar-refractivity contribution >= 4 is 17.3 Å². The monoisotopic (exact) mass is 248 g/mol. The van der Waals surface area contributed by atoms with Crippen molar-refractivity contribution < 1.29 is 9.53 Å². The predicted octanol–water partition coefficient (Wildman–Crippen LogP) is 2.12. The SMILES string of the molecule is CC(C)C(=O)Nc1ccc(N2CCOCC2)cc1. The van der Waals surface area contributed by atoms with Gasteiger partial charge in [-0.05, 0) is 24.3 Å². The maximum absolute atomic E-state index is 11.6. The summed E-state index contributed by atoms with van der Waals surface area (Å²) in [5, 5.41) is 2.89. The van der Waals surface area contributed by atoms with E-state index in [1.807, 2.05) is 38.1 Å². The number of morpholine rings is 1. The maximum atomic E-state index is 11.6. The number of amides is 1. The Hall–Kier alpha value is -1.55. The normalized spacial score (nSPS) is 15.8. The zero-order chi connectivity index (χ0) is 13.0. The summed E-state index contributed by atoms with van der Waals surface area (Å²) in [7, 11) is 0. The van der Waals surface area contributed by atoms with Crippen LogP contribution in [0.4, 0.5) is 11.4 Å². The minimum Gasteiger partial charge on any atom is -0.378 e. The number of carbonyl (C=O) groups is 1. The molecule has 1 aliphatic heterocycles. The first-order chi connectivity index (χ1) is 8.66. The van der Waals surface area contributed by atoms with E-state index in [0.717, 1.165) is 32.0 Å². The maximum Gasteiger partial charge on any atom is 0.226 e. The fourth-order valence-corrected chi connectivity index (χ4v) is 1.86. The van der Waals surface area contributed by atoms with Gasteiger partial charge in [-0.15, -0.1) is 0 Å². The minimum atomic E-state index is 0.00363. The molecule has 0 unspecified atom stereocenters. The quantitative estimate of drug-likeness (QED) is 0.891. The second kappa shape index (κ2) is 5.87. The summed E-state index contributed by atoms with van der Waals surface area (Å²) in [5.41, 5.74) is 2.03. The van der Waals surface area contributed by atoms with Crippen molar-refractivity contribution in [3.05, 3.63) is 24.3 Å². The van der Waals surface area contributed by atoms with E-state index >= 15 is 0 Å². The van der Waals surface area contributed by atoms with Gasteiger partial charge in [0.1, 0.15) is 0 Å². The summed E-state index contributed by atoms with van der Waals surface area (Å²) in [6.45, 7) is 7.20. The molecule has 1 amide bonds. The molecule has 0 radical (unpaired) electrons. The van der Waals surface area contributed by atoms with Gasteiger partial charge in [-0.1, -0.05) is 13.8 Å². The van der Waals surface area contributed by atoms with Crippen molar-refractivity contribution in [2.75, 3.05) is 36.5 Å². The second-order valence-electron chi connectivity index (χ2n) is 4.79. The Morgan fingerprint density at radius 3 is 2.39 bits per heavy atom. The standard InChI is InChI=1S/C14H20N2O2/c1-11(2)14(17)15-12-3-5-13(6-4-12)16-7-9-18-10-8-16/h3-6,11H,7-10H2,1-2H3,(H,15,17). The van der Waals surface area contributed by atoms with E-state index in [4.69, 9.17) is 4.74 Å². The zero-order valence-corrected chi connectivity index (χ0v) is 11.0. The van der Waals surface area contributed by atoms with Crippen molar-refractivity contribution in [1.82, 2.24) is 0 Å². The number of hydrogen-bond donors (Lipinski definition) is 1. The molecule has 0 aliphatic carbocycles. The van der Waals surface area contributed by atoms with Crippen LogP contribution in [0.1, 0.15) is 13.8 Å². The molecule has 98 valence electrons. The molecule has 0 spiro atoms. The fraction of sp³-hybridized carbons (Fsp3) is 0.500. The summed E-state index contributed by atoms with van der Waals surface area (Å²) in [4.78, 5) is 13.9. The van der Waals surface area contributed by atoms with Crippen LogP contribution in [0.25, 0.3) is 0 Å². The predicted molar refractivity (Wildman–Crippen MR) is 72.9 cm³/mol. The highest BCUT2D eigenvalue weighted by molar-refractivity contribution is 5.92. The molecule has 1 fully saturated rings. The van der Waals surface area contributed by atoms with E-state index in [0.29, 0.717) is 0 Å². The molecular formula is C14H20N2O2. The van der Waals surface area contributed by atoms with Crippen LogP contribution in [0.5, 0.6) is 0 Å². The van der Waals surface area contributed by atoms with Crippen LogP contribution in [0.3, 0.4) is 0 Å². The summed E-state index contributed by atoms with van der Waals surface area (Å²) in [6.07, 6.45) is 0. The minimum absolute atomic E-state index is 0.00363. The van der Waals surface area contributed by atoms with E-state index in [-0.39, 0.29) is 11.8 Å². The highest BCUT2D eigenvalue weighted by Gasteiger charge is 2.11. The topological polar surface area (TPSA) is 41.6 Å². The average Bonchev–Trinajstić information content (AvgIpc) is 2.40. The Kier molecular flexibility index (Phi) is 4.20. The lowest BCUT2D eigenvalue weighted by Gasteiger charge is -2.28. The van der Waals surface area contributed by atoms with E-state index in [1.54, 1.807) is 0 Å². The molecule has 0 aromatic heterocycles. The van der Waals surface area contributed by atoms with Gasteiger partial charge in [0, 0.05) is 30.4 Å². The lowest BCUT2D eigenvalue weighted by atomic mass is 10.2. The van der Waals surface area contributed by atoms with Crippen LogP contribution in [-0.4, -0.2) is 32.2 Å². The molecule has 0 bridgehead atoms. The van der Waals surface area contributed by atoms with E-state index in [9.17, 15) is 4.79 Å². The molecule has 18 heavy (non-hydrogen) atoms. The molecule has 0 saturated carbocycles. The number of nitrogens with one attached hydrogen (secondary N) is 1. The van der Waals surface area contributed by atoms with Gasteiger partial charge >= 0.3 is 0 Å². The van der Waals surface area contributed by atoms with Crippen LogP contribution in [0.15, 0.2) is 24.3 Å². The third kappa shape index (κ3) is 3.23. The molecule has 1 aromatic rings. The Morgan fingerprint density at radius 1 is 1.22 bits per heavy atom. The molecule has 0 atom stereocenters. The number of rotatable bonds is 3. The fourth-order valence-electron chi connectivity index (χ4n) is 1.86. The number of ether oxygens (including phenoxy) is 1. The van der Waals surface area contributed by atoms with Gasteiger partial charge in [0.2, 0.25) is 5.91 Å². The van der Waals surface area contributed by atoms with Crippen molar-refractivity contribution in [2.45, 2.75) is 13.8 Å². The first-order valence-corrected chi connectivity index (χ1v) is 6.40. The second-order valence-corrected chi connectivity index (χ2v) is 4.79. The molecule has 4 heteroatoms. The average molecular weight is 248 g/mol. The number of benzene rings is 1. The Labute approximate surface area is 108 Å². The van der Waals surface area contributed by atoms with Crippen LogP contribution >= 0.6 is 0 Å². The first kappa shape index (κ1) is 12.9. The zero-order valence-electron chi connectivity index (χ0n) is 11.0. The first-order valence-electron chi connectivity index (χ1n) is 6.40. The summed E-state index contributed by atoms with van der Waals surface area (Å²) in [6, 6.07) is 7.98. The summed E-state index contributed by atoms with van der Waals surface area (Å²) < 4.78 is 5.33. The van der Waals surface area contributed by atoms with Gasteiger partial charge in [0.25, 0.3) is 0 Å². The largest absolute Gasteiger partial charge is 0.378 e. The highest BCUT2D eigenvalue weighted by atomic mass is 16.5. The molecule has 1 heterocycles. The Morgan fingerprint density at radius 2 is 1.83 bits per heavy atom. The van der Waals surface area contributed by atoms with E-state index < -0.39 is 0 Å². The van der Waals surface area contributed by atoms with Crippen molar-refractivity contribution in [3.63, 3.8) is 0 Å².